The predicted molar refractivity (Wildman–Crippen MR) is 83.9 cm³/mol. The van der Waals surface area contributed by atoms with Crippen molar-refractivity contribution in [2.75, 3.05) is 37.5 Å². The van der Waals surface area contributed by atoms with Gasteiger partial charge in [-0.3, -0.25) is 0 Å². The normalized spacial score (nSPS) is 16.6. The van der Waals surface area contributed by atoms with E-state index in [0.29, 0.717) is 25.0 Å². The summed E-state index contributed by atoms with van der Waals surface area (Å²) < 4.78 is 19.3. The zero-order valence-corrected chi connectivity index (χ0v) is 12.7. The third kappa shape index (κ3) is 3.10. The number of nitrogens with zero attached hydrogens (tertiary/aromatic N) is 3. The molecule has 0 spiro atoms. The number of ether oxygens (including phenoxy) is 1. The van der Waals surface area contributed by atoms with Gasteiger partial charge in [-0.15, -0.1) is 0 Å². The standard InChI is InChI=1S/C16H19FN4O/c1-21(2)15-13(17)9-19-16(20-15)18-8-11-7-12-5-3-4-6-14(12)22-10-11/h3-6,9,11H,7-8,10H2,1-2H3,(H,18,19,20)/t11-/m1/s1. The number of para-hydroxylation sites is 1. The van der Waals surface area contributed by atoms with Crippen LogP contribution in [0.2, 0.25) is 0 Å². The summed E-state index contributed by atoms with van der Waals surface area (Å²) in [5.41, 5.74) is 1.22. The summed E-state index contributed by atoms with van der Waals surface area (Å²) in [6, 6.07) is 8.07. The average molecular weight is 302 g/mol. The number of hydrogen-bond acceptors (Lipinski definition) is 5. The fourth-order valence-corrected chi connectivity index (χ4v) is 2.51. The highest BCUT2D eigenvalue weighted by molar-refractivity contribution is 5.42. The number of rotatable bonds is 4. The van der Waals surface area contributed by atoms with Crippen LogP contribution in [0.25, 0.3) is 0 Å². The van der Waals surface area contributed by atoms with E-state index >= 15 is 0 Å². The van der Waals surface area contributed by atoms with Gasteiger partial charge in [-0.05, 0) is 18.1 Å². The maximum absolute atomic E-state index is 13.6. The molecule has 3 rings (SSSR count). The zero-order valence-electron chi connectivity index (χ0n) is 12.7. The number of anilines is 2. The van der Waals surface area contributed by atoms with E-state index in [1.807, 2.05) is 18.2 Å². The van der Waals surface area contributed by atoms with Gasteiger partial charge in [0, 0.05) is 26.6 Å². The van der Waals surface area contributed by atoms with Crippen LogP contribution in [0.1, 0.15) is 5.56 Å². The number of nitrogens with one attached hydrogen (secondary N) is 1. The molecule has 6 heteroatoms. The molecule has 0 radical (unpaired) electrons. The van der Waals surface area contributed by atoms with Crippen molar-refractivity contribution in [3.8, 4) is 5.75 Å². The molecule has 1 aromatic heterocycles. The van der Waals surface area contributed by atoms with Crippen LogP contribution >= 0.6 is 0 Å². The van der Waals surface area contributed by atoms with Gasteiger partial charge in [-0.1, -0.05) is 18.2 Å². The molecule has 1 atom stereocenters. The first-order chi connectivity index (χ1) is 10.6. The van der Waals surface area contributed by atoms with Crippen molar-refractivity contribution >= 4 is 11.8 Å². The minimum absolute atomic E-state index is 0.280. The monoisotopic (exact) mass is 302 g/mol. The molecule has 0 saturated carbocycles. The summed E-state index contributed by atoms with van der Waals surface area (Å²) in [5.74, 6) is 1.59. The smallest absolute Gasteiger partial charge is 0.224 e. The molecule has 0 amide bonds. The lowest BCUT2D eigenvalue weighted by Gasteiger charge is -2.25. The summed E-state index contributed by atoms with van der Waals surface area (Å²) in [6.07, 6.45) is 2.14. The van der Waals surface area contributed by atoms with Crippen molar-refractivity contribution in [2.24, 2.45) is 5.92 Å². The van der Waals surface area contributed by atoms with Crippen LogP contribution in [-0.4, -0.2) is 37.2 Å². The summed E-state index contributed by atoms with van der Waals surface area (Å²) >= 11 is 0. The molecular formula is C16H19FN4O. The highest BCUT2D eigenvalue weighted by atomic mass is 19.1. The van der Waals surface area contributed by atoms with Crippen LogP contribution < -0.4 is 15.0 Å². The van der Waals surface area contributed by atoms with E-state index in [-0.39, 0.29) is 5.82 Å². The van der Waals surface area contributed by atoms with Crippen molar-refractivity contribution in [1.82, 2.24) is 9.97 Å². The summed E-state index contributed by atoms with van der Waals surface area (Å²) in [7, 11) is 3.50. The minimum Gasteiger partial charge on any atom is -0.493 e. The van der Waals surface area contributed by atoms with Crippen molar-refractivity contribution in [3.63, 3.8) is 0 Å². The number of aromatic nitrogens is 2. The van der Waals surface area contributed by atoms with Gasteiger partial charge in [0.15, 0.2) is 11.6 Å². The summed E-state index contributed by atoms with van der Waals surface area (Å²) in [4.78, 5) is 9.80. The number of halogens is 1. The Hall–Kier alpha value is -2.37. The van der Waals surface area contributed by atoms with E-state index in [0.717, 1.165) is 12.2 Å². The molecule has 5 nitrogen and oxygen atoms in total. The Balaban J connectivity index is 1.63. The van der Waals surface area contributed by atoms with Gasteiger partial charge in [0.2, 0.25) is 5.95 Å². The second kappa shape index (κ2) is 6.17. The molecule has 0 saturated heterocycles. The van der Waals surface area contributed by atoms with E-state index < -0.39 is 5.82 Å². The van der Waals surface area contributed by atoms with Crippen molar-refractivity contribution in [1.29, 1.82) is 0 Å². The average Bonchev–Trinajstić information content (AvgIpc) is 2.53. The van der Waals surface area contributed by atoms with Crippen LogP contribution in [0.5, 0.6) is 5.75 Å². The van der Waals surface area contributed by atoms with Crippen LogP contribution in [0.15, 0.2) is 30.5 Å². The molecule has 1 aliphatic rings. The van der Waals surface area contributed by atoms with Gasteiger partial charge in [0.1, 0.15) is 5.75 Å². The third-order valence-corrected chi connectivity index (χ3v) is 3.65. The lowest BCUT2D eigenvalue weighted by molar-refractivity contribution is 0.229. The molecule has 0 unspecified atom stereocenters. The topological polar surface area (TPSA) is 50.3 Å². The summed E-state index contributed by atoms with van der Waals surface area (Å²) in [6.45, 7) is 1.35. The van der Waals surface area contributed by atoms with Gasteiger partial charge in [0.25, 0.3) is 0 Å². The quantitative estimate of drug-likeness (QED) is 0.939. The Labute approximate surface area is 129 Å². The van der Waals surface area contributed by atoms with E-state index in [1.54, 1.807) is 19.0 Å². The fourth-order valence-electron chi connectivity index (χ4n) is 2.51. The molecule has 0 aliphatic carbocycles. The highest BCUT2D eigenvalue weighted by Gasteiger charge is 2.19. The number of benzene rings is 1. The zero-order chi connectivity index (χ0) is 15.5. The molecule has 0 bridgehead atoms. The van der Waals surface area contributed by atoms with Crippen LogP contribution in [-0.2, 0) is 6.42 Å². The van der Waals surface area contributed by atoms with Crippen LogP contribution in [0.3, 0.4) is 0 Å². The minimum atomic E-state index is -0.425. The fraction of sp³-hybridized carbons (Fsp3) is 0.375. The Kier molecular flexibility index (Phi) is 4.09. The second-order valence-corrected chi connectivity index (χ2v) is 5.63. The molecular weight excluding hydrogens is 283 g/mol. The molecule has 1 aromatic carbocycles. The van der Waals surface area contributed by atoms with Crippen molar-refractivity contribution < 1.29 is 9.13 Å². The van der Waals surface area contributed by atoms with E-state index in [4.69, 9.17) is 4.74 Å². The van der Waals surface area contributed by atoms with E-state index in [9.17, 15) is 4.39 Å². The molecule has 1 N–H and O–H groups in total. The molecule has 2 heterocycles. The lowest BCUT2D eigenvalue weighted by Crippen LogP contribution is -2.28. The van der Waals surface area contributed by atoms with Gasteiger partial charge < -0.3 is 15.0 Å². The maximum Gasteiger partial charge on any atom is 0.224 e. The second-order valence-electron chi connectivity index (χ2n) is 5.63. The molecule has 0 fully saturated rings. The van der Waals surface area contributed by atoms with Crippen molar-refractivity contribution in [2.45, 2.75) is 6.42 Å². The SMILES string of the molecule is CN(C)c1nc(NC[C@@H]2COc3ccccc3C2)ncc1F. The summed E-state index contributed by atoms with van der Waals surface area (Å²) in [5, 5.41) is 3.17. The molecule has 1 aliphatic heterocycles. The maximum atomic E-state index is 13.6. The lowest BCUT2D eigenvalue weighted by atomic mass is 9.97. The van der Waals surface area contributed by atoms with E-state index in [2.05, 4.69) is 21.4 Å². The largest absolute Gasteiger partial charge is 0.493 e. The first-order valence-corrected chi connectivity index (χ1v) is 7.28. The Morgan fingerprint density at radius 3 is 3.00 bits per heavy atom. The van der Waals surface area contributed by atoms with Gasteiger partial charge >= 0.3 is 0 Å². The van der Waals surface area contributed by atoms with Gasteiger partial charge in [-0.2, -0.15) is 4.98 Å². The Morgan fingerprint density at radius 1 is 1.36 bits per heavy atom. The van der Waals surface area contributed by atoms with Crippen LogP contribution in [0.4, 0.5) is 16.2 Å². The number of fused-ring (bicyclic) bond motifs is 1. The van der Waals surface area contributed by atoms with Gasteiger partial charge in [-0.25, -0.2) is 9.37 Å². The number of hydrogen-bond donors (Lipinski definition) is 1. The molecule has 116 valence electrons. The molecule has 22 heavy (non-hydrogen) atoms. The van der Waals surface area contributed by atoms with Crippen LogP contribution in [0, 0.1) is 11.7 Å². The predicted octanol–water partition coefficient (Wildman–Crippen LogP) is 2.34. The molecule has 2 aromatic rings. The Bertz CT molecular complexity index is 662. The Morgan fingerprint density at radius 2 is 2.18 bits per heavy atom. The first-order valence-electron chi connectivity index (χ1n) is 7.28. The van der Waals surface area contributed by atoms with E-state index in [1.165, 1.54) is 11.8 Å². The first kappa shape index (κ1) is 14.6. The third-order valence-electron chi connectivity index (χ3n) is 3.65. The van der Waals surface area contributed by atoms with Crippen molar-refractivity contribution in [3.05, 3.63) is 41.8 Å². The van der Waals surface area contributed by atoms with Gasteiger partial charge in [0.05, 0.1) is 12.8 Å². The highest BCUT2D eigenvalue weighted by Crippen LogP contribution is 2.26.